The lowest BCUT2D eigenvalue weighted by Crippen LogP contribution is -2.52. The SMILES string of the molecule is Cc1ccc(S(=O)(=O)N[C@H]2CC[C@H](CC(=O)N3CCN(c4ccccc4)CC3)O[C@@H]2CO)cc1. The Kier molecular flexibility index (Phi) is 7.88. The maximum absolute atomic E-state index is 12.9. The number of para-hydroxylation sites is 1. The highest BCUT2D eigenvalue weighted by Crippen LogP contribution is 2.25. The molecule has 0 aliphatic carbocycles. The van der Waals surface area contributed by atoms with Crippen LogP contribution in [0.15, 0.2) is 59.5 Å². The maximum atomic E-state index is 12.9. The standard InChI is InChI=1S/C25H33N3O5S/c1-19-7-10-22(11-8-19)34(31,32)26-23-12-9-21(33-24(23)18-29)17-25(30)28-15-13-27(14-16-28)20-5-3-2-4-6-20/h2-8,10-11,21,23-24,26,29H,9,12-18H2,1H3/t21-,23+,24-/m1/s1. The third-order valence-electron chi connectivity index (χ3n) is 6.59. The number of anilines is 1. The smallest absolute Gasteiger partial charge is 0.240 e. The predicted octanol–water partition coefficient (Wildman–Crippen LogP) is 1.92. The largest absolute Gasteiger partial charge is 0.394 e. The van der Waals surface area contributed by atoms with E-state index in [1.165, 1.54) is 0 Å². The van der Waals surface area contributed by atoms with Gasteiger partial charge in [-0.2, -0.15) is 0 Å². The molecule has 4 rings (SSSR count). The second-order valence-corrected chi connectivity index (χ2v) is 10.7. The van der Waals surface area contributed by atoms with Crippen LogP contribution in [0.25, 0.3) is 0 Å². The molecule has 2 aliphatic rings. The second-order valence-electron chi connectivity index (χ2n) is 9.00. The Morgan fingerprint density at radius 2 is 1.71 bits per heavy atom. The average molecular weight is 488 g/mol. The molecule has 8 nitrogen and oxygen atoms in total. The molecule has 0 saturated carbocycles. The quantitative estimate of drug-likeness (QED) is 0.619. The third-order valence-corrected chi connectivity index (χ3v) is 8.10. The van der Waals surface area contributed by atoms with Gasteiger partial charge in [-0.15, -0.1) is 0 Å². The van der Waals surface area contributed by atoms with Crippen LogP contribution < -0.4 is 9.62 Å². The molecule has 184 valence electrons. The van der Waals surface area contributed by atoms with Gasteiger partial charge in [0.1, 0.15) is 0 Å². The van der Waals surface area contributed by atoms with Crippen molar-refractivity contribution in [3.8, 4) is 0 Å². The van der Waals surface area contributed by atoms with Crippen LogP contribution in [0.2, 0.25) is 0 Å². The van der Waals surface area contributed by atoms with Gasteiger partial charge in [0.15, 0.2) is 0 Å². The minimum atomic E-state index is -3.73. The van der Waals surface area contributed by atoms with Crippen molar-refractivity contribution >= 4 is 21.6 Å². The molecular weight excluding hydrogens is 454 g/mol. The van der Waals surface area contributed by atoms with E-state index >= 15 is 0 Å². The molecule has 2 N–H and O–H groups in total. The Labute approximate surface area is 201 Å². The average Bonchev–Trinajstić information content (AvgIpc) is 2.85. The van der Waals surface area contributed by atoms with Gasteiger partial charge in [-0.25, -0.2) is 13.1 Å². The molecule has 9 heteroatoms. The summed E-state index contributed by atoms with van der Waals surface area (Å²) >= 11 is 0. The predicted molar refractivity (Wildman–Crippen MR) is 130 cm³/mol. The highest BCUT2D eigenvalue weighted by atomic mass is 32.2. The molecule has 0 aromatic heterocycles. The number of nitrogens with one attached hydrogen (secondary N) is 1. The molecule has 2 heterocycles. The van der Waals surface area contributed by atoms with Gasteiger partial charge in [0.25, 0.3) is 0 Å². The summed E-state index contributed by atoms with van der Waals surface area (Å²) in [6.07, 6.45) is 0.251. The molecule has 0 spiro atoms. The Balaban J connectivity index is 1.28. The number of carbonyl (C=O) groups is 1. The van der Waals surface area contributed by atoms with E-state index in [9.17, 15) is 18.3 Å². The van der Waals surface area contributed by atoms with Gasteiger partial charge in [0.05, 0.1) is 36.2 Å². The number of aryl methyl sites for hydroxylation is 1. The van der Waals surface area contributed by atoms with Crippen LogP contribution in [-0.2, 0) is 19.6 Å². The van der Waals surface area contributed by atoms with Crippen LogP contribution in [-0.4, -0.2) is 75.4 Å². The van der Waals surface area contributed by atoms with Crippen LogP contribution in [0.4, 0.5) is 5.69 Å². The van der Waals surface area contributed by atoms with Gasteiger partial charge in [0.2, 0.25) is 15.9 Å². The van der Waals surface area contributed by atoms with Crippen molar-refractivity contribution in [2.45, 2.75) is 49.3 Å². The van der Waals surface area contributed by atoms with Crippen molar-refractivity contribution in [2.75, 3.05) is 37.7 Å². The first-order valence-electron chi connectivity index (χ1n) is 11.8. The van der Waals surface area contributed by atoms with Crippen LogP contribution in [0.3, 0.4) is 0 Å². The summed E-state index contributed by atoms with van der Waals surface area (Å²) in [5, 5.41) is 9.84. The van der Waals surface area contributed by atoms with Gasteiger partial charge in [-0.3, -0.25) is 4.79 Å². The number of aliphatic hydroxyl groups excluding tert-OH is 1. The fourth-order valence-electron chi connectivity index (χ4n) is 4.58. The molecule has 0 bridgehead atoms. The van der Waals surface area contributed by atoms with E-state index < -0.39 is 22.2 Å². The summed E-state index contributed by atoms with van der Waals surface area (Å²) < 4.78 is 34.2. The normalized spacial score (nSPS) is 23.6. The summed E-state index contributed by atoms with van der Waals surface area (Å²) in [5.74, 6) is 0.0353. The molecule has 0 unspecified atom stereocenters. The number of benzene rings is 2. The zero-order chi connectivity index (χ0) is 24.1. The lowest BCUT2D eigenvalue weighted by atomic mass is 9.97. The van der Waals surface area contributed by atoms with Crippen LogP contribution in [0.1, 0.15) is 24.8 Å². The number of nitrogens with zero attached hydrogens (tertiary/aromatic N) is 2. The summed E-state index contributed by atoms with van der Waals surface area (Å²) in [7, 11) is -3.73. The van der Waals surface area contributed by atoms with Gasteiger partial charge in [-0.05, 0) is 44.0 Å². The summed E-state index contributed by atoms with van der Waals surface area (Å²) in [5.41, 5.74) is 2.14. The molecule has 2 fully saturated rings. The van der Waals surface area contributed by atoms with Crippen LogP contribution in [0.5, 0.6) is 0 Å². The Morgan fingerprint density at radius 3 is 2.35 bits per heavy atom. The number of hydrogen-bond acceptors (Lipinski definition) is 6. The lowest BCUT2D eigenvalue weighted by Gasteiger charge is -2.38. The monoisotopic (exact) mass is 487 g/mol. The Morgan fingerprint density at radius 1 is 1.03 bits per heavy atom. The van der Waals surface area contributed by atoms with Crippen molar-refractivity contribution in [3.63, 3.8) is 0 Å². The number of aliphatic hydroxyl groups is 1. The van der Waals surface area contributed by atoms with E-state index in [4.69, 9.17) is 4.74 Å². The van der Waals surface area contributed by atoms with Crippen LogP contribution in [0, 0.1) is 6.92 Å². The number of ether oxygens (including phenoxy) is 1. The lowest BCUT2D eigenvalue weighted by molar-refractivity contribution is -0.140. The fraction of sp³-hybridized carbons (Fsp3) is 0.480. The zero-order valence-corrected chi connectivity index (χ0v) is 20.3. The molecular formula is C25H33N3O5S. The molecule has 2 aromatic rings. The summed E-state index contributed by atoms with van der Waals surface area (Å²) in [4.78, 5) is 17.2. The van der Waals surface area contributed by atoms with Gasteiger partial charge >= 0.3 is 0 Å². The van der Waals surface area contributed by atoms with Crippen molar-refractivity contribution in [3.05, 3.63) is 60.2 Å². The Bertz CT molecular complexity index is 1050. The Hall–Kier alpha value is -2.46. The van der Waals surface area contributed by atoms with E-state index in [-0.39, 0.29) is 29.9 Å². The fourth-order valence-corrected chi connectivity index (χ4v) is 5.88. The van der Waals surface area contributed by atoms with Crippen LogP contribution >= 0.6 is 0 Å². The van der Waals surface area contributed by atoms with E-state index in [1.807, 2.05) is 30.0 Å². The van der Waals surface area contributed by atoms with E-state index in [1.54, 1.807) is 24.3 Å². The van der Waals surface area contributed by atoms with E-state index in [2.05, 4.69) is 21.8 Å². The number of carbonyl (C=O) groups excluding carboxylic acids is 1. The maximum Gasteiger partial charge on any atom is 0.240 e. The van der Waals surface area contributed by atoms with Gasteiger partial charge in [-0.1, -0.05) is 35.9 Å². The van der Waals surface area contributed by atoms with Crippen molar-refractivity contribution in [1.29, 1.82) is 0 Å². The molecule has 2 aromatic carbocycles. The first kappa shape index (κ1) is 24.7. The van der Waals surface area contributed by atoms with Crippen molar-refractivity contribution in [2.24, 2.45) is 0 Å². The number of hydrogen-bond donors (Lipinski definition) is 2. The first-order chi connectivity index (χ1) is 16.4. The molecule has 3 atom stereocenters. The molecule has 2 saturated heterocycles. The van der Waals surface area contributed by atoms with Gasteiger partial charge in [0, 0.05) is 31.9 Å². The minimum absolute atomic E-state index is 0.0353. The number of amides is 1. The highest BCUT2D eigenvalue weighted by Gasteiger charge is 2.35. The highest BCUT2D eigenvalue weighted by molar-refractivity contribution is 7.89. The summed E-state index contributed by atoms with van der Waals surface area (Å²) in [6, 6.07) is 16.2. The van der Waals surface area contributed by atoms with E-state index in [0.717, 1.165) is 24.3 Å². The topological polar surface area (TPSA) is 99.2 Å². The third kappa shape index (κ3) is 5.96. The molecule has 2 aliphatic heterocycles. The second kappa shape index (κ2) is 10.9. The zero-order valence-electron chi connectivity index (χ0n) is 19.5. The first-order valence-corrected chi connectivity index (χ1v) is 13.3. The molecule has 34 heavy (non-hydrogen) atoms. The van der Waals surface area contributed by atoms with Gasteiger partial charge < -0.3 is 19.6 Å². The summed E-state index contributed by atoms with van der Waals surface area (Å²) in [6.45, 7) is 4.45. The number of sulfonamides is 1. The number of rotatable bonds is 7. The number of piperazine rings is 1. The minimum Gasteiger partial charge on any atom is -0.394 e. The molecule has 1 amide bonds. The van der Waals surface area contributed by atoms with Crippen molar-refractivity contribution in [1.82, 2.24) is 9.62 Å². The van der Waals surface area contributed by atoms with E-state index in [0.29, 0.717) is 25.9 Å². The molecule has 0 radical (unpaired) electrons. The van der Waals surface area contributed by atoms with Crippen molar-refractivity contribution < 1.29 is 23.1 Å².